The van der Waals surface area contributed by atoms with E-state index in [4.69, 9.17) is 0 Å². The van der Waals surface area contributed by atoms with Crippen LogP contribution in [-0.4, -0.2) is 30.0 Å². The molecule has 1 N–H and O–H groups in total. The molecule has 5 nitrogen and oxygen atoms in total. The summed E-state index contributed by atoms with van der Waals surface area (Å²) in [5.74, 6) is 0. The molecule has 0 aromatic carbocycles. The lowest BCUT2D eigenvalue weighted by atomic mass is 10.2. The maximum absolute atomic E-state index is 11.9. The van der Waals surface area contributed by atoms with Gasteiger partial charge in [0.05, 0.1) is 11.3 Å². The van der Waals surface area contributed by atoms with E-state index in [1.807, 2.05) is 29.8 Å². The lowest BCUT2D eigenvalue weighted by Crippen LogP contribution is -2.33. The molecule has 0 aliphatic heterocycles. The number of rotatable bonds is 6. The number of sulfonamides is 1. The van der Waals surface area contributed by atoms with Crippen LogP contribution in [-0.2, 0) is 10.0 Å². The van der Waals surface area contributed by atoms with Crippen LogP contribution in [0.15, 0.2) is 36.0 Å². The number of hydrogen-bond donors (Lipinski definition) is 1. The standard InChI is InChI=1S/C12H15N3O2S2/c16-19(17,10-4-5-10)14-9-11(12-3-1-8-18-12)15-7-2-6-13-15/h1-3,6-8,10-11,14H,4-5,9H2. The highest BCUT2D eigenvalue weighted by molar-refractivity contribution is 7.90. The smallest absolute Gasteiger partial charge is 0.214 e. The predicted molar refractivity (Wildman–Crippen MR) is 74.6 cm³/mol. The van der Waals surface area contributed by atoms with E-state index >= 15 is 0 Å². The fourth-order valence-corrected chi connectivity index (χ4v) is 4.16. The topological polar surface area (TPSA) is 64.0 Å². The van der Waals surface area contributed by atoms with Crippen LogP contribution in [0.3, 0.4) is 0 Å². The summed E-state index contributed by atoms with van der Waals surface area (Å²) in [5.41, 5.74) is 0. The van der Waals surface area contributed by atoms with Gasteiger partial charge in [-0.1, -0.05) is 6.07 Å². The molecule has 1 aliphatic rings. The molecule has 2 heterocycles. The van der Waals surface area contributed by atoms with Gasteiger partial charge in [-0.05, 0) is 30.4 Å². The molecular weight excluding hydrogens is 282 g/mol. The largest absolute Gasteiger partial charge is 0.263 e. The van der Waals surface area contributed by atoms with Crippen LogP contribution < -0.4 is 4.72 Å². The minimum Gasteiger partial charge on any atom is -0.263 e. The number of hydrogen-bond acceptors (Lipinski definition) is 4. The van der Waals surface area contributed by atoms with Crippen LogP contribution in [0.1, 0.15) is 23.8 Å². The Bertz CT molecular complexity index is 582. The summed E-state index contributed by atoms with van der Waals surface area (Å²) in [6.07, 6.45) is 5.12. The highest BCUT2D eigenvalue weighted by Gasteiger charge is 2.36. The van der Waals surface area contributed by atoms with E-state index in [0.29, 0.717) is 6.54 Å². The Morgan fingerprint density at radius 3 is 2.89 bits per heavy atom. The van der Waals surface area contributed by atoms with Crippen LogP contribution in [0, 0.1) is 0 Å². The van der Waals surface area contributed by atoms with Crippen LogP contribution >= 0.6 is 11.3 Å². The van der Waals surface area contributed by atoms with Crippen molar-refractivity contribution < 1.29 is 8.42 Å². The molecule has 0 amide bonds. The van der Waals surface area contributed by atoms with Gasteiger partial charge in [0.15, 0.2) is 0 Å². The summed E-state index contributed by atoms with van der Waals surface area (Å²) < 4.78 is 28.3. The molecule has 1 unspecified atom stereocenters. The first kappa shape index (κ1) is 12.8. The number of thiophene rings is 1. The van der Waals surface area contributed by atoms with Crippen molar-refractivity contribution in [3.63, 3.8) is 0 Å². The van der Waals surface area contributed by atoms with Crippen molar-refractivity contribution >= 4 is 21.4 Å². The van der Waals surface area contributed by atoms with Gasteiger partial charge >= 0.3 is 0 Å². The molecular formula is C12H15N3O2S2. The van der Waals surface area contributed by atoms with Crippen molar-refractivity contribution in [2.24, 2.45) is 0 Å². The average molecular weight is 297 g/mol. The van der Waals surface area contributed by atoms with Crippen molar-refractivity contribution in [2.45, 2.75) is 24.1 Å². The molecule has 1 aliphatic carbocycles. The fraction of sp³-hybridized carbons (Fsp3) is 0.417. The summed E-state index contributed by atoms with van der Waals surface area (Å²) in [6.45, 7) is 0.348. The predicted octanol–water partition coefficient (Wildman–Crippen LogP) is 1.62. The lowest BCUT2D eigenvalue weighted by molar-refractivity contribution is 0.511. The second-order valence-electron chi connectivity index (χ2n) is 4.61. The number of nitrogens with zero attached hydrogens (tertiary/aromatic N) is 2. The first-order valence-electron chi connectivity index (χ1n) is 6.18. The Morgan fingerprint density at radius 1 is 1.47 bits per heavy atom. The van der Waals surface area contributed by atoms with E-state index < -0.39 is 10.0 Å². The van der Waals surface area contributed by atoms with Gasteiger partial charge in [0.2, 0.25) is 10.0 Å². The van der Waals surface area contributed by atoms with Crippen molar-refractivity contribution in [1.82, 2.24) is 14.5 Å². The average Bonchev–Trinajstić information content (AvgIpc) is 2.91. The molecule has 2 aromatic rings. The molecule has 0 radical (unpaired) electrons. The molecule has 1 fully saturated rings. The quantitative estimate of drug-likeness (QED) is 0.881. The van der Waals surface area contributed by atoms with Crippen LogP contribution in [0.4, 0.5) is 0 Å². The minimum absolute atomic E-state index is 0.0801. The summed E-state index contributed by atoms with van der Waals surface area (Å²) >= 11 is 1.61. The van der Waals surface area contributed by atoms with E-state index in [9.17, 15) is 8.42 Å². The van der Waals surface area contributed by atoms with Gasteiger partial charge in [-0.3, -0.25) is 4.68 Å². The fourth-order valence-electron chi connectivity index (χ4n) is 1.96. The SMILES string of the molecule is O=S(=O)(NCC(c1cccs1)n1cccn1)C1CC1. The Kier molecular flexibility index (Phi) is 3.42. The molecule has 1 saturated carbocycles. The lowest BCUT2D eigenvalue weighted by Gasteiger charge is -2.17. The van der Waals surface area contributed by atoms with Gasteiger partial charge in [0, 0.05) is 23.8 Å². The first-order valence-corrected chi connectivity index (χ1v) is 8.60. The normalized spacial score (nSPS) is 17.5. The van der Waals surface area contributed by atoms with Crippen LogP contribution in [0.5, 0.6) is 0 Å². The minimum atomic E-state index is -3.15. The molecule has 0 bridgehead atoms. The summed E-state index contributed by atoms with van der Waals surface area (Å²) in [4.78, 5) is 1.10. The Labute approximate surface area is 116 Å². The van der Waals surface area contributed by atoms with Crippen molar-refractivity contribution in [2.75, 3.05) is 6.54 Å². The highest BCUT2D eigenvalue weighted by atomic mass is 32.2. The van der Waals surface area contributed by atoms with Crippen molar-refractivity contribution in [1.29, 1.82) is 0 Å². The number of aromatic nitrogens is 2. The third-order valence-corrected chi connectivity index (χ3v) is 6.05. The molecule has 2 aromatic heterocycles. The second-order valence-corrected chi connectivity index (χ2v) is 7.63. The summed E-state index contributed by atoms with van der Waals surface area (Å²) in [6, 6.07) is 5.73. The van der Waals surface area contributed by atoms with Gasteiger partial charge in [0.1, 0.15) is 0 Å². The maximum Gasteiger partial charge on any atom is 0.214 e. The molecule has 102 valence electrons. The first-order chi connectivity index (χ1) is 9.17. The Hall–Kier alpha value is -1.18. The molecule has 0 saturated heterocycles. The third-order valence-electron chi connectivity index (χ3n) is 3.16. The van der Waals surface area contributed by atoms with Crippen molar-refractivity contribution in [3.05, 3.63) is 40.8 Å². The Balaban J connectivity index is 1.77. The zero-order valence-electron chi connectivity index (χ0n) is 10.3. The van der Waals surface area contributed by atoms with Gasteiger partial charge in [-0.15, -0.1) is 11.3 Å². The van der Waals surface area contributed by atoms with E-state index in [2.05, 4.69) is 9.82 Å². The highest BCUT2D eigenvalue weighted by Crippen LogP contribution is 2.28. The monoisotopic (exact) mass is 297 g/mol. The summed E-state index contributed by atoms with van der Waals surface area (Å²) in [5, 5.41) is 6.02. The second kappa shape index (κ2) is 5.07. The van der Waals surface area contributed by atoms with E-state index in [0.717, 1.165) is 17.7 Å². The van der Waals surface area contributed by atoms with Crippen molar-refractivity contribution in [3.8, 4) is 0 Å². The molecule has 7 heteroatoms. The molecule has 3 rings (SSSR count). The molecule has 1 atom stereocenters. The zero-order valence-corrected chi connectivity index (χ0v) is 11.9. The third kappa shape index (κ3) is 2.88. The Morgan fingerprint density at radius 2 is 2.32 bits per heavy atom. The van der Waals surface area contributed by atoms with E-state index in [-0.39, 0.29) is 11.3 Å². The van der Waals surface area contributed by atoms with E-state index in [1.54, 1.807) is 22.2 Å². The summed E-state index contributed by atoms with van der Waals surface area (Å²) in [7, 11) is -3.15. The zero-order chi connectivity index (χ0) is 13.3. The van der Waals surface area contributed by atoms with Gasteiger partial charge < -0.3 is 0 Å². The van der Waals surface area contributed by atoms with E-state index in [1.165, 1.54) is 0 Å². The van der Waals surface area contributed by atoms with Gasteiger partial charge in [-0.25, -0.2) is 13.1 Å². The van der Waals surface area contributed by atoms with Crippen LogP contribution in [0.2, 0.25) is 0 Å². The number of nitrogens with one attached hydrogen (secondary N) is 1. The molecule has 0 spiro atoms. The van der Waals surface area contributed by atoms with Gasteiger partial charge in [-0.2, -0.15) is 5.10 Å². The maximum atomic E-state index is 11.9. The van der Waals surface area contributed by atoms with Gasteiger partial charge in [0.25, 0.3) is 0 Å². The molecule has 19 heavy (non-hydrogen) atoms. The van der Waals surface area contributed by atoms with Crippen LogP contribution in [0.25, 0.3) is 0 Å².